The fraction of sp³-hybridized carbons (Fsp3) is 0.391. The summed E-state index contributed by atoms with van der Waals surface area (Å²) in [4.78, 5) is 25.1. The van der Waals surface area contributed by atoms with Crippen LogP contribution < -0.4 is 0 Å². The molecule has 4 rings (SSSR count). The fourth-order valence-corrected chi connectivity index (χ4v) is 5.97. The van der Waals surface area contributed by atoms with Gasteiger partial charge >= 0.3 is 0 Å². The van der Waals surface area contributed by atoms with Gasteiger partial charge in [-0.25, -0.2) is 0 Å². The van der Waals surface area contributed by atoms with Gasteiger partial charge in [-0.05, 0) is 47.9 Å². The molecule has 0 aliphatic heterocycles. The molecule has 2 aliphatic rings. The molecule has 25 heavy (non-hydrogen) atoms. The van der Waals surface area contributed by atoms with E-state index in [0.717, 1.165) is 49.4 Å². The first-order valence-electron chi connectivity index (χ1n) is 9.28. The Balaban J connectivity index is 2.22. The predicted octanol–water partition coefficient (Wildman–Crippen LogP) is 4.94. The second-order valence-electron chi connectivity index (χ2n) is 7.60. The summed E-state index contributed by atoms with van der Waals surface area (Å²) in [6, 6.07) is 16.7. The van der Waals surface area contributed by atoms with Crippen molar-refractivity contribution in [1.82, 2.24) is 0 Å². The highest BCUT2D eigenvalue weighted by Gasteiger charge is 2.70. The van der Waals surface area contributed by atoms with Crippen molar-refractivity contribution in [1.29, 1.82) is 0 Å². The van der Waals surface area contributed by atoms with Crippen LogP contribution in [0.1, 0.15) is 50.7 Å². The SMILES string of the molecule is CCC1(C=O)CCC(C=O)(CC)C12c1ccccc1-c1ccccc12. The average molecular weight is 332 g/mol. The Hall–Kier alpha value is -2.22. The number of hydrogen-bond acceptors (Lipinski definition) is 2. The number of fused-ring (bicyclic) bond motifs is 5. The lowest BCUT2D eigenvalue weighted by Gasteiger charge is -2.49. The van der Waals surface area contributed by atoms with Crippen molar-refractivity contribution >= 4 is 12.6 Å². The van der Waals surface area contributed by atoms with E-state index in [4.69, 9.17) is 0 Å². The Morgan fingerprint density at radius 3 is 1.52 bits per heavy atom. The molecular formula is C23H24O2. The van der Waals surface area contributed by atoms with Gasteiger partial charge in [0.1, 0.15) is 12.6 Å². The second-order valence-corrected chi connectivity index (χ2v) is 7.60. The van der Waals surface area contributed by atoms with Crippen LogP contribution in [0.3, 0.4) is 0 Å². The minimum Gasteiger partial charge on any atom is -0.303 e. The van der Waals surface area contributed by atoms with Gasteiger partial charge in [0, 0.05) is 16.2 Å². The summed E-state index contributed by atoms with van der Waals surface area (Å²) in [7, 11) is 0. The Morgan fingerprint density at radius 1 is 0.760 bits per heavy atom. The molecule has 0 saturated heterocycles. The van der Waals surface area contributed by atoms with E-state index in [-0.39, 0.29) is 0 Å². The molecule has 0 aromatic heterocycles. The van der Waals surface area contributed by atoms with Crippen LogP contribution in [0, 0.1) is 10.8 Å². The van der Waals surface area contributed by atoms with E-state index in [2.05, 4.69) is 38.1 Å². The summed E-state index contributed by atoms with van der Waals surface area (Å²) in [6.45, 7) is 4.19. The van der Waals surface area contributed by atoms with Crippen LogP contribution in [0.25, 0.3) is 11.1 Å². The van der Waals surface area contributed by atoms with Crippen LogP contribution >= 0.6 is 0 Å². The molecule has 0 N–H and O–H groups in total. The highest BCUT2D eigenvalue weighted by Crippen LogP contribution is 2.72. The Labute approximate surface area is 149 Å². The number of aldehydes is 2. The normalized spacial score (nSPS) is 28.6. The van der Waals surface area contributed by atoms with Crippen LogP contribution in [0.15, 0.2) is 48.5 Å². The third kappa shape index (κ3) is 1.61. The zero-order valence-electron chi connectivity index (χ0n) is 14.9. The maximum Gasteiger partial charge on any atom is 0.127 e. The quantitative estimate of drug-likeness (QED) is 0.743. The predicted molar refractivity (Wildman–Crippen MR) is 99.5 cm³/mol. The highest BCUT2D eigenvalue weighted by atomic mass is 16.1. The summed E-state index contributed by atoms with van der Waals surface area (Å²) in [5, 5.41) is 0. The average Bonchev–Trinajstić information content (AvgIpc) is 3.16. The minimum absolute atomic E-state index is 0.535. The molecule has 2 aliphatic carbocycles. The molecule has 0 amide bonds. The van der Waals surface area contributed by atoms with E-state index in [9.17, 15) is 9.59 Å². The zero-order chi connectivity index (χ0) is 17.7. The summed E-state index contributed by atoms with van der Waals surface area (Å²) in [6.07, 6.45) is 5.34. The Bertz CT molecular complexity index is 781. The topological polar surface area (TPSA) is 34.1 Å². The maximum absolute atomic E-state index is 12.5. The molecule has 2 heteroatoms. The molecule has 2 aromatic carbocycles. The van der Waals surface area contributed by atoms with Crippen LogP contribution in [-0.2, 0) is 15.0 Å². The van der Waals surface area contributed by atoms with Gasteiger partial charge in [0.15, 0.2) is 0 Å². The van der Waals surface area contributed by atoms with Gasteiger partial charge in [-0.2, -0.15) is 0 Å². The molecule has 1 spiro atoms. The smallest absolute Gasteiger partial charge is 0.127 e. The van der Waals surface area contributed by atoms with E-state index >= 15 is 0 Å². The van der Waals surface area contributed by atoms with E-state index in [0.29, 0.717) is 0 Å². The molecule has 0 bridgehead atoms. The van der Waals surface area contributed by atoms with Crippen molar-refractivity contribution in [3.05, 3.63) is 59.7 Å². The third-order valence-electron chi connectivity index (χ3n) is 7.18. The third-order valence-corrected chi connectivity index (χ3v) is 7.18. The van der Waals surface area contributed by atoms with Crippen molar-refractivity contribution in [2.75, 3.05) is 0 Å². The van der Waals surface area contributed by atoms with Gasteiger partial charge < -0.3 is 9.59 Å². The molecule has 128 valence electrons. The van der Waals surface area contributed by atoms with Crippen molar-refractivity contribution in [2.24, 2.45) is 10.8 Å². The molecular weight excluding hydrogens is 308 g/mol. The standard InChI is InChI=1S/C23H24O2/c1-3-21(15-24)13-14-22(4-2,16-25)23(21)19-11-7-5-9-17(19)18-10-6-8-12-20(18)23/h5-12,15-16H,3-4,13-14H2,1-2H3. The van der Waals surface area contributed by atoms with Crippen molar-refractivity contribution < 1.29 is 9.59 Å². The van der Waals surface area contributed by atoms with Gasteiger partial charge in [-0.1, -0.05) is 62.4 Å². The van der Waals surface area contributed by atoms with Crippen molar-refractivity contribution in [3.63, 3.8) is 0 Å². The van der Waals surface area contributed by atoms with Gasteiger partial charge in [0.2, 0.25) is 0 Å². The monoisotopic (exact) mass is 332 g/mol. The second kappa shape index (κ2) is 5.39. The van der Waals surface area contributed by atoms with E-state index in [1.54, 1.807) is 0 Å². The summed E-state index contributed by atoms with van der Waals surface area (Å²) < 4.78 is 0. The van der Waals surface area contributed by atoms with Gasteiger partial charge in [0.05, 0.1) is 0 Å². The summed E-state index contributed by atoms with van der Waals surface area (Å²) >= 11 is 0. The number of benzene rings is 2. The van der Waals surface area contributed by atoms with Gasteiger partial charge in [-0.15, -0.1) is 0 Å². The number of carbonyl (C=O) groups excluding carboxylic acids is 2. The van der Waals surface area contributed by atoms with Gasteiger partial charge in [0.25, 0.3) is 0 Å². The first-order chi connectivity index (χ1) is 12.2. The fourth-order valence-electron chi connectivity index (χ4n) is 5.97. The van der Waals surface area contributed by atoms with Crippen LogP contribution in [-0.4, -0.2) is 12.6 Å². The Morgan fingerprint density at radius 2 is 1.16 bits per heavy atom. The summed E-state index contributed by atoms with van der Waals surface area (Å²) in [5.74, 6) is 0. The molecule has 1 fully saturated rings. The van der Waals surface area contributed by atoms with Crippen molar-refractivity contribution in [3.8, 4) is 11.1 Å². The Kier molecular flexibility index (Phi) is 3.50. The number of carbonyl (C=O) groups is 2. The molecule has 0 heterocycles. The van der Waals surface area contributed by atoms with Crippen molar-refractivity contribution in [2.45, 2.75) is 44.9 Å². The van der Waals surface area contributed by atoms with E-state index in [1.165, 1.54) is 11.1 Å². The molecule has 2 atom stereocenters. The highest BCUT2D eigenvalue weighted by molar-refractivity contribution is 5.89. The first-order valence-corrected chi connectivity index (χ1v) is 9.28. The first kappa shape index (κ1) is 16.3. The molecule has 2 aromatic rings. The summed E-state index contributed by atoms with van der Waals surface area (Å²) in [5.41, 5.74) is 3.06. The van der Waals surface area contributed by atoms with Crippen LogP contribution in [0.2, 0.25) is 0 Å². The molecule has 0 radical (unpaired) electrons. The van der Waals surface area contributed by atoms with E-state index in [1.807, 2.05) is 24.3 Å². The van der Waals surface area contributed by atoms with Crippen LogP contribution in [0.4, 0.5) is 0 Å². The molecule has 2 unspecified atom stereocenters. The van der Waals surface area contributed by atoms with Crippen LogP contribution in [0.5, 0.6) is 0 Å². The lowest BCUT2D eigenvalue weighted by molar-refractivity contribution is -0.124. The zero-order valence-corrected chi connectivity index (χ0v) is 14.9. The lowest BCUT2D eigenvalue weighted by Crippen LogP contribution is -2.52. The molecule has 1 saturated carbocycles. The van der Waals surface area contributed by atoms with Gasteiger partial charge in [-0.3, -0.25) is 0 Å². The number of rotatable bonds is 4. The van der Waals surface area contributed by atoms with E-state index < -0.39 is 16.2 Å². The maximum atomic E-state index is 12.5. The molecule has 2 nitrogen and oxygen atoms in total. The minimum atomic E-state index is -0.555. The largest absolute Gasteiger partial charge is 0.303 e. The lowest BCUT2D eigenvalue weighted by atomic mass is 9.51. The number of hydrogen-bond donors (Lipinski definition) is 0.